The lowest BCUT2D eigenvalue weighted by Crippen LogP contribution is -2.60. The first-order valence-corrected chi connectivity index (χ1v) is 21.7. The van der Waals surface area contributed by atoms with Crippen molar-refractivity contribution in [1.82, 2.24) is 5.32 Å². The Hall–Kier alpha value is -0.850. The second-order valence-corrected chi connectivity index (χ2v) is 16.1. The fourth-order valence-corrected chi connectivity index (χ4v) is 7.15. The van der Waals surface area contributed by atoms with Gasteiger partial charge >= 0.3 is 0 Å². The molecule has 1 amide bonds. The highest BCUT2D eigenvalue weighted by molar-refractivity contribution is 5.76. The molecule has 0 aliphatic carbocycles. The Labute approximate surface area is 317 Å². The third-order valence-corrected chi connectivity index (χ3v) is 10.7. The van der Waals surface area contributed by atoms with Gasteiger partial charge in [0.25, 0.3) is 0 Å². The molecule has 1 heterocycles. The largest absolute Gasteiger partial charge is 0.394 e. The summed E-state index contributed by atoms with van der Waals surface area (Å²) in [7, 11) is 0. The summed E-state index contributed by atoms with van der Waals surface area (Å²) in [6.45, 7) is 5.90. The molecule has 10 nitrogen and oxygen atoms in total. The number of hydrogen-bond donors (Lipinski definition) is 7. The van der Waals surface area contributed by atoms with Crippen molar-refractivity contribution in [3.05, 3.63) is 0 Å². The van der Waals surface area contributed by atoms with Crippen LogP contribution in [-0.4, -0.2) is 98.7 Å². The van der Waals surface area contributed by atoms with Gasteiger partial charge in [-0.05, 0) is 18.8 Å². The highest BCUT2D eigenvalue weighted by Crippen LogP contribution is 2.23. The minimum atomic E-state index is -1.60. The maximum Gasteiger partial charge on any atom is 0.220 e. The van der Waals surface area contributed by atoms with Gasteiger partial charge in [-0.15, -0.1) is 0 Å². The number of unbranched alkanes of at least 4 members (excludes halogenated alkanes) is 22. The van der Waals surface area contributed by atoms with Gasteiger partial charge in [0, 0.05) is 6.42 Å². The van der Waals surface area contributed by atoms with Gasteiger partial charge in [-0.1, -0.05) is 175 Å². The lowest BCUT2D eigenvalue weighted by Gasteiger charge is -2.40. The molecular weight excluding hydrogens is 662 g/mol. The molecule has 1 rings (SSSR count). The second-order valence-electron chi connectivity index (χ2n) is 16.1. The van der Waals surface area contributed by atoms with Crippen LogP contribution in [0.4, 0.5) is 0 Å². The molecule has 8 atom stereocenters. The van der Waals surface area contributed by atoms with E-state index in [0.717, 1.165) is 57.3 Å². The summed E-state index contributed by atoms with van der Waals surface area (Å²) in [5.41, 5.74) is 0. The maximum absolute atomic E-state index is 13.0. The van der Waals surface area contributed by atoms with Crippen molar-refractivity contribution in [3.8, 4) is 0 Å². The van der Waals surface area contributed by atoms with Crippen molar-refractivity contribution in [2.45, 2.75) is 243 Å². The van der Waals surface area contributed by atoms with Crippen molar-refractivity contribution >= 4 is 5.91 Å². The van der Waals surface area contributed by atoms with Gasteiger partial charge in [0.2, 0.25) is 5.91 Å². The Morgan fingerprint density at radius 2 is 1.08 bits per heavy atom. The first-order chi connectivity index (χ1) is 25.1. The Morgan fingerprint density at radius 1 is 0.635 bits per heavy atom. The van der Waals surface area contributed by atoms with Gasteiger partial charge in [0.15, 0.2) is 6.29 Å². The first kappa shape index (κ1) is 49.2. The van der Waals surface area contributed by atoms with E-state index in [1.807, 2.05) is 0 Å². The number of carbonyl (C=O) groups is 1. The normalized spacial score (nSPS) is 22.5. The van der Waals surface area contributed by atoms with Crippen LogP contribution in [0.15, 0.2) is 0 Å². The average Bonchev–Trinajstić information content (AvgIpc) is 3.13. The van der Waals surface area contributed by atoms with Crippen LogP contribution in [0.3, 0.4) is 0 Å². The van der Waals surface area contributed by atoms with E-state index in [1.165, 1.54) is 109 Å². The molecule has 0 aromatic carbocycles. The molecule has 1 fully saturated rings. The fourth-order valence-electron chi connectivity index (χ4n) is 7.15. The summed E-state index contributed by atoms with van der Waals surface area (Å²) in [5.74, 6) is 0.520. The van der Waals surface area contributed by atoms with Gasteiger partial charge < -0.3 is 45.4 Å². The molecule has 0 unspecified atom stereocenters. The van der Waals surface area contributed by atoms with E-state index in [4.69, 9.17) is 9.47 Å². The van der Waals surface area contributed by atoms with E-state index in [1.54, 1.807) is 0 Å². The maximum atomic E-state index is 13.0. The van der Waals surface area contributed by atoms with Crippen LogP contribution in [0.1, 0.15) is 194 Å². The molecular formula is C42H83NO9. The third kappa shape index (κ3) is 23.8. The molecule has 10 heteroatoms. The summed E-state index contributed by atoms with van der Waals surface area (Å²) in [6.07, 6.45) is 21.2. The summed E-state index contributed by atoms with van der Waals surface area (Å²) in [6, 6.07) is -0.984. The number of rotatable bonds is 35. The van der Waals surface area contributed by atoms with Gasteiger partial charge in [-0.3, -0.25) is 4.79 Å². The lowest BCUT2D eigenvalue weighted by atomic mass is 9.98. The molecule has 7 N–H and O–H groups in total. The smallest absolute Gasteiger partial charge is 0.220 e. The summed E-state index contributed by atoms with van der Waals surface area (Å²) < 4.78 is 11.1. The molecule has 0 bridgehead atoms. The quantitative estimate of drug-likeness (QED) is 0.0331. The highest BCUT2D eigenvalue weighted by Gasteiger charge is 2.44. The van der Waals surface area contributed by atoms with E-state index in [-0.39, 0.29) is 18.9 Å². The fraction of sp³-hybridized carbons (Fsp3) is 0.976. The van der Waals surface area contributed by atoms with Crippen LogP contribution < -0.4 is 5.32 Å². The predicted octanol–water partition coefficient (Wildman–Crippen LogP) is 7.22. The molecule has 1 aliphatic heterocycles. The standard InChI is InChI=1S/C42H83NO9/c1-4-5-6-7-8-9-10-11-12-13-14-18-21-24-27-30-37(46)43-34(32-51-42-41(50)40(49)39(48)36(31-44)52-42)38(47)35(45)29-26-23-20-17-15-16-19-22-25-28-33(2)3/h33-36,38-42,44-45,47-50H,4-32H2,1-3H3,(H,43,46)/t34-,35+,36+,38-,39-,40-,41+,42+/m0/s1. The van der Waals surface area contributed by atoms with E-state index in [2.05, 4.69) is 26.1 Å². The number of ether oxygens (including phenoxy) is 2. The monoisotopic (exact) mass is 746 g/mol. The van der Waals surface area contributed by atoms with E-state index in [0.29, 0.717) is 6.42 Å². The predicted molar refractivity (Wildman–Crippen MR) is 209 cm³/mol. The highest BCUT2D eigenvalue weighted by atomic mass is 16.7. The molecule has 0 spiro atoms. The number of aliphatic hydroxyl groups excluding tert-OH is 6. The van der Waals surface area contributed by atoms with E-state index in [9.17, 15) is 35.4 Å². The number of carbonyl (C=O) groups excluding carboxylic acids is 1. The van der Waals surface area contributed by atoms with Crippen molar-refractivity contribution in [3.63, 3.8) is 0 Å². The molecule has 52 heavy (non-hydrogen) atoms. The Kier molecular flexibility index (Phi) is 30.6. The van der Waals surface area contributed by atoms with Gasteiger partial charge in [0.1, 0.15) is 30.5 Å². The molecule has 310 valence electrons. The van der Waals surface area contributed by atoms with E-state index < -0.39 is 55.6 Å². The zero-order chi connectivity index (χ0) is 38.4. The SMILES string of the molecule is CCCCCCCCCCCCCCCCCC(=O)N[C@@H](CO[C@@H]1O[C@H](CO)[C@H](O)[C@H](O)[C@H]1O)[C@H](O)[C@H](O)CCCCCCCCCCCC(C)C. The van der Waals surface area contributed by atoms with Gasteiger partial charge in [-0.2, -0.15) is 0 Å². The van der Waals surface area contributed by atoms with Gasteiger partial charge in [-0.25, -0.2) is 0 Å². The topological polar surface area (TPSA) is 169 Å². The summed E-state index contributed by atoms with van der Waals surface area (Å²) >= 11 is 0. The van der Waals surface area contributed by atoms with Crippen LogP contribution in [-0.2, 0) is 14.3 Å². The van der Waals surface area contributed by atoms with Crippen molar-refractivity contribution in [1.29, 1.82) is 0 Å². The number of aliphatic hydroxyl groups is 6. The molecule has 1 saturated heterocycles. The minimum absolute atomic E-state index is 0.257. The molecule has 1 aliphatic rings. The number of hydrogen-bond acceptors (Lipinski definition) is 9. The number of nitrogens with one attached hydrogen (secondary N) is 1. The van der Waals surface area contributed by atoms with Crippen LogP contribution in [0.2, 0.25) is 0 Å². The Bertz CT molecular complexity index is 816. The molecule has 0 aromatic rings. The zero-order valence-electron chi connectivity index (χ0n) is 33.6. The van der Waals surface area contributed by atoms with E-state index >= 15 is 0 Å². The average molecular weight is 746 g/mol. The lowest BCUT2D eigenvalue weighted by molar-refractivity contribution is -0.303. The van der Waals surface area contributed by atoms with Crippen molar-refractivity contribution in [2.24, 2.45) is 5.92 Å². The van der Waals surface area contributed by atoms with Crippen LogP contribution in [0.25, 0.3) is 0 Å². The third-order valence-electron chi connectivity index (χ3n) is 10.7. The molecule has 0 saturated carbocycles. The van der Waals surface area contributed by atoms with Crippen LogP contribution in [0.5, 0.6) is 0 Å². The first-order valence-electron chi connectivity index (χ1n) is 21.7. The summed E-state index contributed by atoms with van der Waals surface area (Å²) in [5, 5.41) is 65.0. The minimum Gasteiger partial charge on any atom is -0.394 e. The van der Waals surface area contributed by atoms with Crippen LogP contribution >= 0.6 is 0 Å². The Morgan fingerprint density at radius 3 is 1.54 bits per heavy atom. The number of amides is 1. The molecule has 0 aromatic heterocycles. The second kappa shape index (κ2) is 32.4. The van der Waals surface area contributed by atoms with Gasteiger partial charge in [0.05, 0.1) is 25.4 Å². The van der Waals surface area contributed by atoms with Crippen molar-refractivity contribution in [2.75, 3.05) is 13.2 Å². The molecule has 0 radical (unpaired) electrons. The summed E-state index contributed by atoms with van der Waals surface area (Å²) in [4.78, 5) is 13.0. The zero-order valence-corrected chi connectivity index (χ0v) is 33.6. The van der Waals surface area contributed by atoms with Crippen molar-refractivity contribution < 1.29 is 44.9 Å². The van der Waals surface area contributed by atoms with Crippen LogP contribution in [0, 0.1) is 5.92 Å². The Balaban J connectivity index is 2.43.